The SMILES string of the molecule is COC(=O)c1c(Cl)c(C2CC2)nc2c1c(=O)[nH]c(=S)n2C. The number of esters is 1. The van der Waals surface area contributed by atoms with Crippen molar-refractivity contribution in [2.75, 3.05) is 7.11 Å². The summed E-state index contributed by atoms with van der Waals surface area (Å²) >= 11 is 11.4. The van der Waals surface area contributed by atoms with Gasteiger partial charge in [-0.25, -0.2) is 9.78 Å². The molecule has 110 valence electrons. The number of ether oxygens (including phenoxy) is 1. The van der Waals surface area contributed by atoms with Gasteiger partial charge in [-0.15, -0.1) is 0 Å². The Labute approximate surface area is 129 Å². The van der Waals surface area contributed by atoms with Gasteiger partial charge in [-0.2, -0.15) is 0 Å². The molecule has 1 aliphatic carbocycles. The van der Waals surface area contributed by atoms with Crippen LogP contribution in [0.4, 0.5) is 0 Å². The number of pyridine rings is 1. The summed E-state index contributed by atoms with van der Waals surface area (Å²) in [5.74, 6) is -0.435. The number of nitrogens with one attached hydrogen (secondary N) is 1. The maximum atomic E-state index is 12.2. The lowest BCUT2D eigenvalue weighted by Crippen LogP contribution is -2.19. The highest BCUT2D eigenvalue weighted by Gasteiger charge is 2.32. The number of halogens is 1. The maximum Gasteiger partial charge on any atom is 0.340 e. The van der Waals surface area contributed by atoms with Crippen LogP contribution in [-0.2, 0) is 11.8 Å². The zero-order valence-corrected chi connectivity index (χ0v) is 13.0. The van der Waals surface area contributed by atoms with E-state index in [4.69, 9.17) is 28.6 Å². The van der Waals surface area contributed by atoms with Crippen LogP contribution in [0.5, 0.6) is 0 Å². The second kappa shape index (κ2) is 4.92. The van der Waals surface area contributed by atoms with Gasteiger partial charge in [0.1, 0.15) is 5.65 Å². The van der Waals surface area contributed by atoms with Crippen molar-refractivity contribution in [3.8, 4) is 0 Å². The second-order valence-electron chi connectivity index (χ2n) is 4.97. The molecule has 0 aromatic carbocycles. The predicted molar refractivity (Wildman–Crippen MR) is 80.5 cm³/mol. The standard InChI is InChI=1S/C13H12ClN3O3S/c1-17-10-7(11(18)16-13(17)21)6(12(19)20-2)8(14)9(15-10)5-3-4-5/h5H,3-4H2,1-2H3,(H,16,18,21). The first-order valence-electron chi connectivity index (χ1n) is 6.36. The number of fused-ring (bicyclic) bond motifs is 1. The number of aryl methyl sites for hydroxylation is 1. The van der Waals surface area contributed by atoms with E-state index in [9.17, 15) is 9.59 Å². The number of carbonyl (C=O) groups is 1. The van der Waals surface area contributed by atoms with Crippen LogP contribution in [0.1, 0.15) is 34.8 Å². The highest BCUT2D eigenvalue weighted by molar-refractivity contribution is 7.71. The lowest BCUT2D eigenvalue weighted by Gasteiger charge is -2.12. The van der Waals surface area contributed by atoms with Gasteiger partial charge in [0.25, 0.3) is 5.56 Å². The summed E-state index contributed by atoms with van der Waals surface area (Å²) in [5, 5.41) is 0.298. The van der Waals surface area contributed by atoms with Crippen LogP contribution in [0.15, 0.2) is 4.79 Å². The minimum atomic E-state index is -0.656. The minimum absolute atomic E-state index is 0.0536. The molecular formula is C13H12ClN3O3S. The Morgan fingerprint density at radius 2 is 2.19 bits per heavy atom. The van der Waals surface area contributed by atoms with Crippen molar-refractivity contribution in [2.24, 2.45) is 7.05 Å². The van der Waals surface area contributed by atoms with E-state index in [0.29, 0.717) is 11.3 Å². The summed E-state index contributed by atoms with van der Waals surface area (Å²) in [6.45, 7) is 0. The molecule has 1 N–H and O–H groups in total. The summed E-state index contributed by atoms with van der Waals surface area (Å²) < 4.78 is 6.56. The summed E-state index contributed by atoms with van der Waals surface area (Å²) in [6, 6.07) is 0. The number of hydrogen-bond donors (Lipinski definition) is 1. The molecule has 0 unspecified atom stereocenters. The molecule has 2 aromatic heterocycles. The predicted octanol–water partition coefficient (Wildman–Crippen LogP) is 2.31. The Morgan fingerprint density at radius 1 is 1.52 bits per heavy atom. The molecule has 2 heterocycles. The third kappa shape index (κ3) is 2.16. The number of hydrogen-bond acceptors (Lipinski definition) is 5. The van der Waals surface area contributed by atoms with Crippen molar-refractivity contribution >= 4 is 40.8 Å². The molecule has 1 saturated carbocycles. The monoisotopic (exact) mass is 325 g/mol. The normalized spacial score (nSPS) is 14.4. The molecule has 8 heteroatoms. The largest absolute Gasteiger partial charge is 0.465 e. The van der Waals surface area contributed by atoms with Gasteiger partial charge in [0, 0.05) is 13.0 Å². The molecule has 2 aromatic rings. The van der Waals surface area contributed by atoms with E-state index in [2.05, 4.69) is 9.97 Å². The van der Waals surface area contributed by atoms with Crippen LogP contribution in [0.2, 0.25) is 5.02 Å². The maximum absolute atomic E-state index is 12.2. The highest BCUT2D eigenvalue weighted by atomic mass is 35.5. The third-order valence-corrected chi connectivity index (χ3v) is 4.33. The smallest absolute Gasteiger partial charge is 0.340 e. The summed E-state index contributed by atoms with van der Waals surface area (Å²) in [7, 11) is 2.93. The molecule has 6 nitrogen and oxygen atoms in total. The lowest BCUT2D eigenvalue weighted by atomic mass is 10.1. The molecule has 0 amide bonds. The zero-order valence-electron chi connectivity index (χ0n) is 11.4. The third-order valence-electron chi connectivity index (χ3n) is 3.57. The van der Waals surface area contributed by atoms with Gasteiger partial charge in [0.15, 0.2) is 4.77 Å². The molecule has 3 rings (SSSR count). The van der Waals surface area contributed by atoms with Crippen LogP contribution in [0.3, 0.4) is 0 Å². The number of carbonyl (C=O) groups excluding carboxylic acids is 1. The fourth-order valence-electron chi connectivity index (χ4n) is 2.29. The van der Waals surface area contributed by atoms with E-state index in [1.165, 1.54) is 7.11 Å². The Kier molecular flexibility index (Phi) is 3.33. The fourth-order valence-corrected chi connectivity index (χ4v) is 2.83. The Balaban J connectivity index is 2.53. The molecule has 0 bridgehead atoms. The van der Waals surface area contributed by atoms with Crippen LogP contribution in [0.25, 0.3) is 11.0 Å². The van der Waals surface area contributed by atoms with Crippen molar-refractivity contribution in [3.05, 3.63) is 31.4 Å². The topological polar surface area (TPSA) is 77.0 Å². The minimum Gasteiger partial charge on any atom is -0.465 e. The molecule has 21 heavy (non-hydrogen) atoms. The fraction of sp³-hybridized carbons (Fsp3) is 0.385. The van der Waals surface area contributed by atoms with E-state index in [-0.39, 0.29) is 26.7 Å². The van der Waals surface area contributed by atoms with E-state index in [0.717, 1.165) is 12.8 Å². The first kappa shape index (κ1) is 14.2. The van der Waals surface area contributed by atoms with E-state index >= 15 is 0 Å². The number of aromatic amines is 1. The molecule has 0 radical (unpaired) electrons. The van der Waals surface area contributed by atoms with Crippen LogP contribution < -0.4 is 5.56 Å². The van der Waals surface area contributed by atoms with Gasteiger partial charge in [0.05, 0.1) is 28.8 Å². The molecule has 0 atom stereocenters. The number of methoxy groups -OCH3 is 1. The van der Waals surface area contributed by atoms with Crippen LogP contribution in [-0.4, -0.2) is 27.6 Å². The average molecular weight is 326 g/mol. The van der Waals surface area contributed by atoms with Crippen LogP contribution >= 0.6 is 23.8 Å². The number of nitrogens with zero attached hydrogens (tertiary/aromatic N) is 2. The van der Waals surface area contributed by atoms with Gasteiger partial charge in [0.2, 0.25) is 0 Å². The van der Waals surface area contributed by atoms with Gasteiger partial charge in [-0.3, -0.25) is 9.78 Å². The van der Waals surface area contributed by atoms with Crippen molar-refractivity contribution < 1.29 is 9.53 Å². The van der Waals surface area contributed by atoms with Gasteiger partial charge >= 0.3 is 5.97 Å². The van der Waals surface area contributed by atoms with E-state index < -0.39 is 11.5 Å². The average Bonchev–Trinajstić information content (AvgIpc) is 3.28. The molecular weight excluding hydrogens is 314 g/mol. The van der Waals surface area contributed by atoms with E-state index in [1.54, 1.807) is 11.6 Å². The van der Waals surface area contributed by atoms with Crippen LogP contribution in [0, 0.1) is 4.77 Å². The Hall–Kier alpha value is -1.73. The van der Waals surface area contributed by atoms with Gasteiger partial charge < -0.3 is 9.30 Å². The molecule has 0 aliphatic heterocycles. The summed E-state index contributed by atoms with van der Waals surface area (Å²) in [6.07, 6.45) is 1.93. The molecule has 1 aliphatic rings. The second-order valence-corrected chi connectivity index (χ2v) is 5.73. The van der Waals surface area contributed by atoms with E-state index in [1.807, 2.05) is 0 Å². The van der Waals surface area contributed by atoms with Crippen molar-refractivity contribution in [1.82, 2.24) is 14.5 Å². The zero-order chi connectivity index (χ0) is 15.3. The number of H-pyrrole nitrogens is 1. The molecule has 0 spiro atoms. The summed E-state index contributed by atoms with van der Waals surface area (Å²) in [4.78, 5) is 31.2. The first-order valence-corrected chi connectivity index (χ1v) is 7.15. The number of aromatic nitrogens is 3. The quantitative estimate of drug-likeness (QED) is 0.677. The first-order chi connectivity index (χ1) is 9.95. The Bertz CT molecular complexity index is 883. The Morgan fingerprint density at radius 3 is 2.76 bits per heavy atom. The van der Waals surface area contributed by atoms with Crippen molar-refractivity contribution in [3.63, 3.8) is 0 Å². The van der Waals surface area contributed by atoms with Gasteiger partial charge in [-0.1, -0.05) is 11.6 Å². The van der Waals surface area contributed by atoms with Gasteiger partial charge in [-0.05, 0) is 25.1 Å². The highest BCUT2D eigenvalue weighted by Crippen LogP contribution is 2.44. The number of rotatable bonds is 2. The lowest BCUT2D eigenvalue weighted by molar-refractivity contribution is 0.0603. The molecule has 1 fully saturated rings. The molecule has 0 saturated heterocycles. The van der Waals surface area contributed by atoms with Crippen molar-refractivity contribution in [1.29, 1.82) is 0 Å². The van der Waals surface area contributed by atoms with Crippen molar-refractivity contribution in [2.45, 2.75) is 18.8 Å². The summed E-state index contributed by atoms with van der Waals surface area (Å²) in [5.41, 5.74) is 0.527.